The summed E-state index contributed by atoms with van der Waals surface area (Å²) < 4.78 is 12.3. The largest absolute Gasteiger partial charge is 0.487 e. The Morgan fingerprint density at radius 2 is 1.00 bits per heavy atom. The van der Waals surface area contributed by atoms with Gasteiger partial charge in [0.2, 0.25) is 0 Å². The Morgan fingerprint density at radius 3 is 1.31 bits per heavy atom. The molecule has 0 N–H and O–H groups in total. The first kappa shape index (κ1) is 21.2. The molecule has 1 aliphatic rings. The molecule has 1 fully saturated rings. The Kier molecular flexibility index (Phi) is 5.66. The standard InChI is InChI=1S/C24H27BO4/c1-16(26)18-7-11-20(12-8-18)22(21-13-9-19(10-14-21)17(2)27)15-25-28-23(3,4)24(5,6)29-25/h7-15H,1-6H3. The molecule has 0 aliphatic carbocycles. The van der Waals surface area contributed by atoms with Gasteiger partial charge in [-0.25, -0.2) is 0 Å². The summed E-state index contributed by atoms with van der Waals surface area (Å²) in [6, 6.07) is 15.0. The van der Waals surface area contributed by atoms with Crippen LogP contribution < -0.4 is 0 Å². The maximum atomic E-state index is 11.6. The number of benzene rings is 2. The summed E-state index contributed by atoms with van der Waals surface area (Å²) in [4.78, 5) is 23.3. The molecular formula is C24H27BO4. The SMILES string of the molecule is CC(=O)c1ccc(C(=CB2OC(C)(C)C(C)(C)O2)c2ccc(C(C)=O)cc2)cc1. The molecule has 3 rings (SSSR count). The van der Waals surface area contributed by atoms with Crippen molar-refractivity contribution in [1.29, 1.82) is 0 Å². The Morgan fingerprint density at radius 1 is 0.690 bits per heavy atom. The Labute approximate surface area is 173 Å². The third kappa shape index (κ3) is 4.41. The second-order valence-electron chi connectivity index (χ2n) is 8.47. The number of Topliss-reactive ketones (excluding diaryl/α,β-unsaturated/α-hetero) is 2. The number of hydrogen-bond acceptors (Lipinski definition) is 4. The fourth-order valence-corrected chi connectivity index (χ4v) is 3.22. The molecular weight excluding hydrogens is 363 g/mol. The van der Waals surface area contributed by atoms with Crippen molar-refractivity contribution in [3.63, 3.8) is 0 Å². The molecule has 0 aromatic heterocycles. The Hall–Kier alpha value is -2.50. The van der Waals surface area contributed by atoms with Crippen LogP contribution in [0.2, 0.25) is 0 Å². The minimum atomic E-state index is -0.505. The van der Waals surface area contributed by atoms with Crippen LogP contribution in [0.1, 0.15) is 73.4 Å². The minimum Gasteiger partial charge on any atom is -0.400 e. The lowest BCUT2D eigenvalue weighted by Crippen LogP contribution is -2.41. The molecule has 0 saturated carbocycles. The van der Waals surface area contributed by atoms with E-state index < -0.39 is 18.3 Å². The number of rotatable bonds is 5. The zero-order chi connectivity index (χ0) is 21.4. The molecule has 0 unspecified atom stereocenters. The Balaban J connectivity index is 2.04. The van der Waals surface area contributed by atoms with Crippen molar-refractivity contribution in [3.05, 3.63) is 76.8 Å². The summed E-state index contributed by atoms with van der Waals surface area (Å²) in [6.07, 6.45) is 0. The normalized spacial score (nSPS) is 17.1. The summed E-state index contributed by atoms with van der Waals surface area (Å²) in [5.74, 6) is 2.01. The van der Waals surface area contributed by atoms with Gasteiger partial charge in [-0.1, -0.05) is 48.5 Å². The highest BCUT2D eigenvalue weighted by Crippen LogP contribution is 2.38. The van der Waals surface area contributed by atoms with Gasteiger partial charge < -0.3 is 9.31 Å². The maximum Gasteiger partial charge on any atom is 0.487 e. The lowest BCUT2D eigenvalue weighted by Gasteiger charge is -2.32. The van der Waals surface area contributed by atoms with Crippen LogP contribution in [0, 0.1) is 0 Å². The first-order chi connectivity index (χ1) is 13.5. The van der Waals surface area contributed by atoms with Crippen molar-refractivity contribution in [1.82, 2.24) is 0 Å². The molecule has 1 heterocycles. The van der Waals surface area contributed by atoms with E-state index in [4.69, 9.17) is 9.31 Å². The monoisotopic (exact) mass is 390 g/mol. The zero-order valence-electron chi connectivity index (χ0n) is 17.9. The molecule has 4 nitrogen and oxygen atoms in total. The van der Waals surface area contributed by atoms with Crippen LogP contribution >= 0.6 is 0 Å². The number of hydrogen-bond donors (Lipinski definition) is 0. The molecule has 29 heavy (non-hydrogen) atoms. The van der Waals surface area contributed by atoms with Crippen LogP contribution in [0.4, 0.5) is 0 Å². The van der Waals surface area contributed by atoms with Gasteiger partial charge in [0.15, 0.2) is 11.6 Å². The number of carbonyl (C=O) groups is 2. The topological polar surface area (TPSA) is 52.6 Å². The molecule has 5 heteroatoms. The van der Waals surface area contributed by atoms with Gasteiger partial charge in [0.1, 0.15) is 0 Å². The van der Waals surface area contributed by atoms with Crippen LogP contribution in [-0.2, 0) is 9.31 Å². The number of carbonyl (C=O) groups excluding carboxylic acids is 2. The third-order valence-corrected chi connectivity index (χ3v) is 5.78. The van der Waals surface area contributed by atoms with Gasteiger partial charge in [-0.2, -0.15) is 0 Å². The van der Waals surface area contributed by atoms with Crippen molar-refractivity contribution in [2.75, 3.05) is 0 Å². The van der Waals surface area contributed by atoms with Gasteiger partial charge in [-0.3, -0.25) is 9.59 Å². The van der Waals surface area contributed by atoms with Gasteiger partial charge in [-0.15, -0.1) is 0 Å². The number of ketones is 2. The van der Waals surface area contributed by atoms with E-state index >= 15 is 0 Å². The highest BCUT2D eigenvalue weighted by atomic mass is 16.7. The molecule has 0 amide bonds. The third-order valence-electron chi connectivity index (χ3n) is 5.78. The summed E-state index contributed by atoms with van der Waals surface area (Å²) >= 11 is 0. The molecule has 0 bridgehead atoms. The second kappa shape index (κ2) is 7.73. The van der Waals surface area contributed by atoms with Crippen molar-refractivity contribution in [2.24, 2.45) is 0 Å². The summed E-state index contributed by atoms with van der Waals surface area (Å²) in [7, 11) is -0.505. The van der Waals surface area contributed by atoms with Crippen molar-refractivity contribution < 1.29 is 18.9 Å². The van der Waals surface area contributed by atoms with Crippen LogP contribution in [0.15, 0.2) is 54.5 Å². The maximum absolute atomic E-state index is 11.6. The Bertz CT molecular complexity index is 878. The zero-order valence-corrected chi connectivity index (χ0v) is 17.9. The molecule has 1 aliphatic heterocycles. The van der Waals surface area contributed by atoms with Gasteiger partial charge >= 0.3 is 7.12 Å². The van der Waals surface area contributed by atoms with E-state index in [1.165, 1.54) is 0 Å². The smallest absolute Gasteiger partial charge is 0.400 e. The van der Waals surface area contributed by atoms with E-state index in [2.05, 4.69) is 0 Å². The average Bonchev–Trinajstić information content (AvgIpc) is 2.86. The fourth-order valence-electron chi connectivity index (χ4n) is 3.22. The van der Waals surface area contributed by atoms with Crippen LogP contribution in [0.5, 0.6) is 0 Å². The van der Waals surface area contributed by atoms with Crippen molar-refractivity contribution in [2.45, 2.75) is 52.7 Å². The van der Waals surface area contributed by atoms with Crippen molar-refractivity contribution >= 4 is 24.3 Å². The van der Waals surface area contributed by atoms with Crippen LogP contribution in [-0.4, -0.2) is 29.9 Å². The van der Waals surface area contributed by atoms with E-state index in [-0.39, 0.29) is 11.6 Å². The summed E-state index contributed by atoms with van der Waals surface area (Å²) in [5.41, 5.74) is 3.27. The quantitative estimate of drug-likeness (QED) is 0.523. The molecule has 0 atom stereocenters. The van der Waals surface area contributed by atoms with E-state index in [9.17, 15) is 9.59 Å². The van der Waals surface area contributed by atoms with E-state index in [0.29, 0.717) is 11.1 Å². The van der Waals surface area contributed by atoms with E-state index in [1.54, 1.807) is 13.8 Å². The van der Waals surface area contributed by atoms with E-state index in [1.807, 2.05) is 82.2 Å². The first-order valence-corrected chi connectivity index (χ1v) is 9.80. The highest BCUT2D eigenvalue weighted by Gasteiger charge is 2.50. The van der Waals surface area contributed by atoms with Gasteiger partial charge in [-0.05, 0) is 64.2 Å². The predicted molar refractivity (Wildman–Crippen MR) is 116 cm³/mol. The summed E-state index contributed by atoms with van der Waals surface area (Å²) in [5, 5.41) is 0. The molecule has 0 spiro atoms. The van der Waals surface area contributed by atoms with Crippen LogP contribution in [0.25, 0.3) is 5.57 Å². The molecule has 1 saturated heterocycles. The van der Waals surface area contributed by atoms with E-state index in [0.717, 1.165) is 16.7 Å². The van der Waals surface area contributed by atoms with Crippen molar-refractivity contribution in [3.8, 4) is 0 Å². The van der Waals surface area contributed by atoms with Gasteiger partial charge in [0, 0.05) is 11.1 Å². The molecule has 150 valence electrons. The molecule has 2 aromatic carbocycles. The fraction of sp³-hybridized carbons (Fsp3) is 0.333. The average molecular weight is 390 g/mol. The lowest BCUT2D eigenvalue weighted by molar-refractivity contribution is 0.00578. The minimum absolute atomic E-state index is 0.0267. The van der Waals surface area contributed by atoms with Gasteiger partial charge in [0.05, 0.1) is 11.2 Å². The first-order valence-electron chi connectivity index (χ1n) is 9.80. The summed E-state index contributed by atoms with van der Waals surface area (Å²) in [6.45, 7) is 11.2. The highest BCUT2D eigenvalue weighted by molar-refractivity contribution is 6.53. The molecule has 0 radical (unpaired) electrons. The second-order valence-corrected chi connectivity index (χ2v) is 8.47. The predicted octanol–water partition coefficient (Wildman–Crippen LogP) is 5.15. The van der Waals surface area contributed by atoms with Crippen LogP contribution in [0.3, 0.4) is 0 Å². The van der Waals surface area contributed by atoms with Gasteiger partial charge in [0.25, 0.3) is 0 Å². The lowest BCUT2D eigenvalue weighted by atomic mass is 9.82. The molecule has 2 aromatic rings.